The van der Waals surface area contributed by atoms with Gasteiger partial charge in [0.15, 0.2) is 5.96 Å². The number of rotatable bonds is 5. The van der Waals surface area contributed by atoms with Crippen molar-refractivity contribution >= 4 is 29.5 Å². The van der Waals surface area contributed by atoms with Gasteiger partial charge in [0.05, 0.1) is 6.54 Å². The lowest BCUT2D eigenvalue weighted by Gasteiger charge is -2.36. The summed E-state index contributed by atoms with van der Waals surface area (Å²) in [5.74, 6) is 2.16. The third kappa shape index (κ3) is 6.59. The van der Waals surface area contributed by atoms with Crippen LogP contribution in [-0.4, -0.2) is 97.8 Å². The van der Waals surface area contributed by atoms with Crippen LogP contribution in [0, 0.1) is 5.92 Å². The summed E-state index contributed by atoms with van der Waals surface area (Å²) in [5.41, 5.74) is 0. The van der Waals surface area contributed by atoms with Crippen molar-refractivity contribution in [2.45, 2.75) is 19.1 Å². The molecular formula is C16H31N5O2S. The molecule has 0 bridgehead atoms. The number of nitrogens with one attached hydrogen (secondary N) is 1. The van der Waals surface area contributed by atoms with Crippen molar-refractivity contribution in [1.29, 1.82) is 0 Å². The van der Waals surface area contributed by atoms with Crippen LogP contribution < -0.4 is 5.32 Å². The zero-order chi connectivity index (χ0) is 18.3. The van der Waals surface area contributed by atoms with Crippen LogP contribution in [0.4, 0.5) is 0 Å². The van der Waals surface area contributed by atoms with E-state index < -0.39 is 0 Å². The minimum absolute atomic E-state index is 0.0200. The SMILES string of the molecule is CC(C)C1CN(C(=NCC(=O)N(C)C)NCC(=O)N(C)C)CCS1. The van der Waals surface area contributed by atoms with Crippen molar-refractivity contribution in [1.82, 2.24) is 20.0 Å². The molecule has 7 nitrogen and oxygen atoms in total. The molecule has 8 heteroatoms. The second-order valence-electron chi connectivity index (χ2n) is 6.67. The maximum atomic E-state index is 11.9. The lowest BCUT2D eigenvalue weighted by atomic mass is 10.1. The number of likely N-dealkylation sites (N-methyl/N-ethyl adjacent to an activating group) is 2. The van der Waals surface area contributed by atoms with Gasteiger partial charge in [-0.05, 0) is 5.92 Å². The van der Waals surface area contributed by atoms with Crippen LogP contribution in [0.15, 0.2) is 4.99 Å². The van der Waals surface area contributed by atoms with E-state index in [2.05, 4.69) is 29.1 Å². The number of amides is 2. The van der Waals surface area contributed by atoms with E-state index in [-0.39, 0.29) is 24.9 Å². The molecule has 1 rings (SSSR count). The molecule has 1 heterocycles. The Balaban J connectivity index is 2.81. The summed E-state index contributed by atoms with van der Waals surface area (Å²) in [6.45, 7) is 6.44. The van der Waals surface area contributed by atoms with Crippen molar-refractivity contribution in [2.75, 3.05) is 60.1 Å². The zero-order valence-electron chi connectivity index (χ0n) is 15.7. The Morgan fingerprint density at radius 1 is 1.21 bits per heavy atom. The third-order valence-electron chi connectivity index (χ3n) is 3.90. The molecule has 0 aromatic rings. The smallest absolute Gasteiger partial charge is 0.243 e. The summed E-state index contributed by atoms with van der Waals surface area (Å²) in [5, 5.41) is 3.66. The van der Waals surface area contributed by atoms with Gasteiger partial charge >= 0.3 is 0 Å². The summed E-state index contributed by atoms with van der Waals surface area (Å²) in [7, 11) is 6.88. The van der Waals surface area contributed by atoms with Gasteiger partial charge in [-0.15, -0.1) is 0 Å². The number of carbonyl (C=O) groups excluding carboxylic acids is 2. The molecule has 1 unspecified atom stereocenters. The number of guanidine groups is 1. The van der Waals surface area contributed by atoms with Crippen LogP contribution in [-0.2, 0) is 9.59 Å². The number of carbonyl (C=O) groups is 2. The second kappa shape index (κ2) is 9.76. The van der Waals surface area contributed by atoms with E-state index in [0.29, 0.717) is 17.1 Å². The molecule has 0 aromatic heterocycles. The van der Waals surface area contributed by atoms with Crippen LogP contribution in [0.25, 0.3) is 0 Å². The van der Waals surface area contributed by atoms with Gasteiger partial charge in [0, 0.05) is 52.3 Å². The topological polar surface area (TPSA) is 68.2 Å². The van der Waals surface area contributed by atoms with E-state index in [1.165, 1.54) is 4.90 Å². The molecule has 0 spiro atoms. The molecule has 1 N–H and O–H groups in total. The molecule has 1 saturated heterocycles. The first-order chi connectivity index (χ1) is 11.2. The standard InChI is InChI=1S/C16H31N5O2S/c1-12(2)13-11-21(7-8-24-13)16(17-9-14(22)19(3)4)18-10-15(23)20(5)6/h12-13H,7-11H2,1-6H3,(H,17,18). The number of hydrogen-bond acceptors (Lipinski definition) is 4. The first kappa shape index (κ1) is 20.6. The van der Waals surface area contributed by atoms with Crippen molar-refractivity contribution in [3.63, 3.8) is 0 Å². The largest absolute Gasteiger partial charge is 0.347 e. The quantitative estimate of drug-likeness (QED) is 0.562. The highest BCUT2D eigenvalue weighted by molar-refractivity contribution is 8.00. The Morgan fingerprint density at radius 3 is 2.38 bits per heavy atom. The second-order valence-corrected chi connectivity index (χ2v) is 8.02. The minimum Gasteiger partial charge on any atom is -0.347 e. The fourth-order valence-corrected chi connectivity index (χ4v) is 3.43. The highest BCUT2D eigenvalue weighted by Crippen LogP contribution is 2.24. The van der Waals surface area contributed by atoms with Gasteiger partial charge < -0.3 is 20.0 Å². The molecule has 138 valence electrons. The molecule has 0 aromatic carbocycles. The number of thioether (sulfide) groups is 1. The van der Waals surface area contributed by atoms with Crippen LogP contribution in [0.1, 0.15) is 13.8 Å². The fraction of sp³-hybridized carbons (Fsp3) is 0.812. The van der Waals surface area contributed by atoms with Gasteiger partial charge in [0.2, 0.25) is 11.8 Å². The molecule has 2 amide bonds. The highest BCUT2D eigenvalue weighted by Gasteiger charge is 2.25. The molecule has 1 aliphatic rings. The average molecular weight is 358 g/mol. The number of aliphatic imine (C=N–C) groups is 1. The average Bonchev–Trinajstić information content (AvgIpc) is 2.54. The Hall–Kier alpha value is -1.44. The molecular weight excluding hydrogens is 326 g/mol. The summed E-state index contributed by atoms with van der Waals surface area (Å²) < 4.78 is 0. The van der Waals surface area contributed by atoms with Gasteiger partial charge in [0.25, 0.3) is 0 Å². The van der Waals surface area contributed by atoms with Crippen LogP contribution in [0.2, 0.25) is 0 Å². The van der Waals surface area contributed by atoms with Crippen LogP contribution in [0.3, 0.4) is 0 Å². The normalized spacial score (nSPS) is 18.5. The summed E-state index contributed by atoms with van der Waals surface area (Å²) in [6, 6.07) is 0. The maximum absolute atomic E-state index is 11.9. The van der Waals surface area contributed by atoms with Gasteiger partial charge in [-0.3, -0.25) is 9.59 Å². The molecule has 1 aliphatic heterocycles. The van der Waals surface area contributed by atoms with Gasteiger partial charge in [0.1, 0.15) is 6.54 Å². The summed E-state index contributed by atoms with van der Waals surface area (Å²) in [6.07, 6.45) is 0. The zero-order valence-corrected chi connectivity index (χ0v) is 16.5. The van der Waals surface area contributed by atoms with E-state index in [9.17, 15) is 9.59 Å². The predicted octanol–water partition coefficient (Wildman–Crippen LogP) is 0.182. The monoisotopic (exact) mass is 357 g/mol. The van der Waals surface area contributed by atoms with Crippen LogP contribution >= 0.6 is 11.8 Å². The summed E-state index contributed by atoms with van der Waals surface area (Å²) in [4.78, 5) is 33.4. The third-order valence-corrected chi connectivity index (χ3v) is 5.44. The van der Waals surface area contributed by atoms with Gasteiger partial charge in [-0.1, -0.05) is 13.8 Å². The molecule has 0 saturated carbocycles. The Kier molecular flexibility index (Phi) is 8.38. The van der Waals surface area contributed by atoms with E-state index in [1.807, 2.05) is 11.8 Å². The molecule has 1 fully saturated rings. The Morgan fingerprint density at radius 2 is 1.83 bits per heavy atom. The van der Waals surface area contributed by atoms with Crippen molar-refractivity contribution < 1.29 is 9.59 Å². The minimum atomic E-state index is -0.0555. The fourth-order valence-electron chi connectivity index (χ4n) is 2.14. The van der Waals surface area contributed by atoms with E-state index in [1.54, 1.807) is 33.1 Å². The van der Waals surface area contributed by atoms with E-state index in [0.717, 1.165) is 18.8 Å². The van der Waals surface area contributed by atoms with Crippen molar-refractivity contribution in [3.8, 4) is 0 Å². The molecule has 0 radical (unpaired) electrons. The lowest BCUT2D eigenvalue weighted by molar-refractivity contribution is -0.127. The first-order valence-corrected chi connectivity index (χ1v) is 9.32. The van der Waals surface area contributed by atoms with Gasteiger partial charge in [-0.25, -0.2) is 4.99 Å². The number of hydrogen-bond donors (Lipinski definition) is 1. The van der Waals surface area contributed by atoms with E-state index >= 15 is 0 Å². The number of nitrogens with zero attached hydrogens (tertiary/aromatic N) is 4. The van der Waals surface area contributed by atoms with E-state index in [4.69, 9.17) is 0 Å². The Bertz CT molecular complexity index is 465. The van der Waals surface area contributed by atoms with Crippen molar-refractivity contribution in [3.05, 3.63) is 0 Å². The molecule has 1 atom stereocenters. The first-order valence-electron chi connectivity index (χ1n) is 8.27. The predicted molar refractivity (Wildman–Crippen MR) is 100 cm³/mol. The molecule has 24 heavy (non-hydrogen) atoms. The van der Waals surface area contributed by atoms with Crippen molar-refractivity contribution in [2.24, 2.45) is 10.9 Å². The maximum Gasteiger partial charge on any atom is 0.243 e. The summed E-state index contributed by atoms with van der Waals surface area (Å²) >= 11 is 1.98. The van der Waals surface area contributed by atoms with Gasteiger partial charge in [-0.2, -0.15) is 11.8 Å². The van der Waals surface area contributed by atoms with Crippen LogP contribution in [0.5, 0.6) is 0 Å². The Labute approximate surface area is 149 Å². The highest BCUT2D eigenvalue weighted by atomic mass is 32.2. The molecule has 0 aliphatic carbocycles. The lowest BCUT2D eigenvalue weighted by Crippen LogP contribution is -2.51.